The molecule has 0 saturated carbocycles. The first-order chi connectivity index (χ1) is 6.74. The number of rotatable bonds is 1. The summed E-state index contributed by atoms with van der Waals surface area (Å²) >= 11 is 0. The lowest BCUT2D eigenvalue weighted by Crippen LogP contribution is -1.99. The number of methoxy groups -OCH3 is 1. The summed E-state index contributed by atoms with van der Waals surface area (Å²) in [7, 11) is 1.32. The molecule has 0 spiro atoms. The van der Waals surface area contributed by atoms with Crippen molar-refractivity contribution in [3.8, 4) is 5.75 Å². The lowest BCUT2D eigenvalue weighted by Gasteiger charge is -1.96. The van der Waals surface area contributed by atoms with E-state index in [1.54, 1.807) is 18.2 Å². The molecule has 4 heteroatoms. The van der Waals surface area contributed by atoms with Crippen LogP contribution in [0, 0.1) is 0 Å². The van der Waals surface area contributed by atoms with Gasteiger partial charge in [-0.15, -0.1) is 0 Å². The van der Waals surface area contributed by atoms with Crippen molar-refractivity contribution in [1.82, 2.24) is 4.98 Å². The molecule has 1 aromatic carbocycles. The number of ether oxygens (including phenoxy) is 1. The topological polar surface area (TPSA) is 62.3 Å². The van der Waals surface area contributed by atoms with Gasteiger partial charge in [-0.1, -0.05) is 12.1 Å². The van der Waals surface area contributed by atoms with Crippen molar-refractivity contribution >= 4 is 16.9 Å². The van der Waals surface area contributed by atoms with E-state index in [9.17, 15) is 9.90 Å². The third-order valence-corrected chi connectivity index (χ3v) is 2.10. The fraction of sp³-hybridized carbons (Fsp3) is 0.100. The maximum Gasteiger partial charge on any atom is 0.340 e. The number of hydrogen-bond donors (Lipinski definition) is 2. The number of aromatic hydroxyl groups is 1. The Balaban J connectivity index is 2.70. The van der Waals surface area contributed by atoms with Gasteiger partial charge in [-0.2, -0.15) is 0 Å². The van der Waals surface area contributed by atoms with Crippen LogP contribution in [0.5, 0.6) is 5.75 Å². The fourth-order valence-electron chi connectivity index (χ4n) is 1.42. The minimum atomic E-state index is -0.415. The SMILES string of the molecule is COC(=O)c1c[nH]c2c(O)cccc12. The Morgan fingerprint density at radius 2 is 2.29 bits per heavy atom. The smallest absolute Gasteiger partial charge is 0.340 e. The number of nitrogens with one attached hydrogen (secondary N) is 1. The van der Waals surface area contributed by atoms with Gasteiger partial charge in [0, 0.05) is 11.6 Å². The second kappa shape index (κ2) is 3.06. The molecular weight excluding hydrogens is 182 g/mol. The Hall–Kier alpha value is -1.97. The van der Waals surface area contributed by atoms with Crippen LogP contribution in [0.2, 0.25) is 0 Å². The zero-order chi connectivity index (χ0) is 10.1. The Bertz CT molecular complexity index is 487. The van der Waals surface area contributed by atoms with E-state index >= 15 is 0 Å². The Kier molecular flexibility index (Phi) is 1.89. The van der Waals surface area contributed by atoms with Crippen molar-refractivity contribution in [2.45, 2.75) is 0 Å². The molecule has 0 unspecified atom stereocenters. The van der Waals surface area contributed by atoms with Gasteiger partial charge in [0.1, 0.15) is 5.75 Å². The van der Waals surface area contributed by atoms with Crippen molar-refractivity contribution in [3.63, 3.8) is 0 Å². The summed E-state index contributed by atoms with van der Waals surface area (Å²) in [5.74, 6) is -0.292. The van der Waals surface area contributed by atoms with E-state index in [0.29, 0.717) is 16.5 Å². The summed E-state index contributed by atoms with van der Waals surface area (Å²) in [6.45, 7) is 0. The molecule has 0 bridgehead atoms. The number of esters is 1. The lowest BCUT2D eigenvalue weighted by molar-refractivity contribution is 0.0603. The average Bonchev–Trinajstić information content (AvgIpc) is 2.62. The standard InChI is InChI=1S/C10H9NO3/c1-14-10(13)7-5-11-9-6(7)3-2-4-8(9)12/h2-5,11-12H,1H3. The quantitative estimate of drug-likeness (QED) is 0.674. The van der Waals surface area contributed by atoms with Gasteiger partial charge in [0.25, 0.3) is 0 Å². The lowest BCUT2D eigenvalue weighted by atomic mass is 10.1. The van der Waals surface area contributed by atoms with Crippen LogP contribution in [0.25, 0.3) is 10.9 Å². The summed E-state index contributed by atoms with van der Waals surface area (Å²) in [5.41, 5.74) is 0.978. The first-order valence-electron chi connectivity index (χ1n) is 4.11. The molecule has 0 atom stereocenters. The summed E-state index contributed by atoms with van der Waals surface area (Å²) in [4.78, 5) is 14.1. The third kappa shape index (κ3) is 1.12. The molecule has 0 saturated heterocycles. The summed E-state index contributed by atoms with van der Waals surface area (Å²) < 4.78 is 4.60. The molecule has 72 valence electrons. The molecule has 2 rings (SSSR count). The molecule has 0 aliphatic rings. The van der Waals surface area contributed by atoms with Crippen LogP contribution in [0.15, 0.2) is 24.4 Å². The fourth-order valence-corrected chi connectivity index (χ4v) is 1.42. The Morgan fingerprint density at radius 1 is 1.50 bits per heavy atom. The number of carbonyl (C=O) groups is 1. The molecule has 2 N–H and O–H groups in total. The summed E-state index contributed by atoms with van der Waals surface area (Å²) in [6.07, 6.45) is 1.52. The van der Waals surface area contributed by atoms with Crippen LogP contribution in [-0.2, 0) is 4.74 Å². The third-order valence-electron chi connectivity index (χ3n) is 2.10. The zero-order valence-corrected chi connectivity index (χ0v) is 7.57. The van der Waals surface area contributed by atoms with Crippen LogP contribution in [0.4, 0.5) is 0 Å². The molecule has 0 fully saturated rings. The molecule has 4 nitrogen and oxygen atoms in total. The van der Waals surface area contributed by atoms with Gasteiger partial charge in [0.15, 0.2) is 0 Å². The summed E-state index contributed by atoms with van der Waals surface area (Å²) in [5, 5.41) is 10.1. The monoisotopic (exact) mass is 191 g/mol. The normalized spacial score (nSPS) is 10.4. The molecule has 14 heavy (non-hydrogen) atoms. The van der Waals surface area contributed by atoms with E-state index in [0.717, 1.165) is 0 Å². The number of aromatic amines is 1. The summed E-state index contributed by atoms with van der Waals surface area (Å²) in [6, 6.07) is 4.98. The predicted octanol–water partition coefficient (Wildman–Crippen LogP) is 1.66. The second-order valence-corrected chi connectivity index (χ2v) is 2.89. The van der Waals surface area contributed by atoms with E-state index in [1.165, 1.54) is 13.3 Å². The number of aromatic nitrogens is 1. The second-order valence-electron chi connectivity index (χ2n) is 2.89. The van der Waals surface area contributed by atoms with Crippen molar-refractivity contribution in [1.29, 1.82) is 0 Å². The van der Waals surface area contributed by atoms with Gasteiger partial charge in [-0.3, -0.25) is 0 Å². The maximum absolute atomic E-state index is 11.3. The van der Waals surface area contributed by atoms with Crippen LogP contribution in [-0.4, -0.2) is 23.2 Å². The predicted molar refractivity (Wildman–Crippen MR) is 51.3 cm³/mol. The molecular formula is C10H9NO3. The molecule has 0 amide bonds. The molecule has 0 aliphatic heterocycles. The van der Waals surface area contributed by atoms with Crippen molar-refractivity contribution in [2.24, 2.45) is 0 Å². The Labute approximate surface area is 80.1 Å². The molecule has 1 heterocycles. The average molecular weight is 191 g/mol. The minimum absolute atomic E-state index is 0.123. The van der Waals surface area contributed by atoms with Gasteiger partial charge in [-0.25, -0.2) is 4.79 Å². The zero-order valence-electron chi connectivity index (χ0n) is 7.57. The minimum Gasteiger partial charge on any atom is -0.506 e. The van der Waals surface area contributed by atoms with Crippen LogP contribution < -0.4 is 0 Å². The van der Waals surface area contributed by atoms with E-state index in [2.05, 4.69) is 9.72 Å². The highest BCUT2D eigenvalue weighted by atomic mass is 16.5. The number of carbonyl (C=O) groups excluding carboxylic acids is 1. The molecule has 2 aromatic rings. The van der Waals surface area contributed by atoms with Crippen molar-refractivity contribution in [3.05, 3.63) is 30.0 Å². The highest BCUT2D eigenvalue weighted by Crippen LogP contribution is 2.26. The van der Waals surface area contributed by atoms with E-state index in [-0.39, 0.29) is 5.75 Å². The van der Waals surface area contributed by atoms with E-state index < -0.39 is 5.97 Å². The van der Waals surface area contributed by atoms with Crippen molar-refractivity contribution < 1.29 is 14.6 Å². The van der Waals surface area contributed by atoms with Gasteiger partial charge in [0.2, 0.25) is 0 Å². The first-order valence-corrected chi connectivity index (χ1v) is 4.11. The molecule has 1 aromatic heterocycles. The number of H-pyrrole nitrogens is 1. The largest absolute Gasteiger partial charge is 0.506 e. The van der Waals surface area contributed by atoms with Gasteiger partial charge in [-0.05, 0) is 6.07 Å². The number of hydrogen-bond acceptors (Lipinski definition) is 3. The number of para-hydroxylation sites is 1. The molecule has 0 radical (unpaired) electrons. The van der Waals surface area contributed by atoms with Gasteiger partial charge < -0.3 is 14.8 Å². The van der Waals surface area contributed by atoms with E-state index in [4.69, 9.17) is 0 Å². The number of phenols is 1. The van der Waals surface area contributed by atoms with E-state index in [1.807, 2.05) is 0 Å². The van der Waals surface area contributed by atoms with Gasteiger partial charge >= 0.3 is 5.97 Å². The first kappa shape index (κ1) is 8.62. The van der Waals surface area contributed by atoms with Crippen LogP contribution >= 0.6 is 0 Å². The number of benzene rings is 1. The highest BCUT2D eigenvalue weighted by Gasteiger charge is 2.13. The van der Waals surface area contributed by atoms with Crippen molar-refractivity contribution in [2.75, 3.05) is 7.11 Å². The van der Waals surface area contributed by atoms with Gasteiger partial charge in [0.05, 0.1) is 18.2 Å². The highest BCUT2D eigenvalue weighted by molar-refractivity contribution is 6.05. The Morgan fingerprint density at radius 3 is 3.00 bits per heavy atom. The number of fused-ring (bicyclic) bond motifs is 1. The molecule has 0 aliphatic carbocycles. The number of phenolic OH excluding ortho intramolecular Hbond substituents is 1. The maximum atomic E-state index is 11.3. The van der Waals surface area contributed by atoms with Crippen LogP contribution in [0.3, 0.4) is 0 Å². The van der Waals surface area contributed by atoms with Crippen LogP contribution in [0.1, 0.15) is 10.4 Å².